The molecule has 0 amide bonds. The minimum Gasteiger partial charge on any atom is -0.456 e. The Morgan fingerprint density at radius 3 is 2.79 bits per heavy atom. The summed E-state index contributed by atoms with van der Waals surface area (Å²) in [5.41, 5.74) is 2.55. The fraction of sp³-hybridized carbons (Fsp3) is 0.312. The van der Waals surface area contributed by atoms with Gasteiger partial charge < -0.3 is 10.1 Å². The quantitative estimate of drug-likeness (QED) is 0.800. The van der Waals surface area contributed by atoms with Crippen molar-refractivity contribution in [2.24, 2.45) is 0 Å². The van der Waals surface area contributed by atoms with Crippen LogP contribution >= 0.6 is 0 Å². The lowest BCUT2D eigenvalue weighted by Crippen LogP contribution is -2.14. The number of aromatic nitrogens is 1. The number of nitrogens with zero attached hydrogens (tertiary/aromatic N) is 1. The molecule has 2 rings (SSSR count). The van der Waals surface area contributed by atoms with Gasteiger partial charge in [-0.1, -0.05) is 13.0 Å². The van der Waals surface area contributed by atoms with Crippen LogP contribution in [-0.4, -0.2) is 11.5 Å². The van der Waals surface area contributed by atoms with Crippen molar-refractivity contribution in [3.63, 3.8) is 0 Å². The SMILES string of the molecule is CCCNCc1ccc(Oc2cccnc2)cc1C. The number of benzene rings is 1. The van der Waals surface area contributed by atoms with E-state index >= 15 is 0 Å². The normalized spacial score (nSPS) is 10.4. The molecule has 0 atom stereocenters. The van der Waals surface area contributed by atoms with Crippen LogP contribution < -0.4 is 10.1 Å². The molecule has 0 aliphatic heterocycles. The van der Waals surface area contributed by atoms with Crippen LogP contribution in [0.4, 0.5) is 0 Å². The fourth-order valence-electron chi connectivity index (χ4n) is 1.87. The number of hydrogen-bond donors (Lipinski definition) is 1. The highest BCUT2D eigenvalue weighted by Gasteiger charge is 2.02. The van der Waals surface area contributed by atoms with E-state index in [1.54, 1.807) is 12.4 Å². The van der Waals surface area contributed by atoms with Gasteiger partial charge in [0.15, 0.2) is 0 Å². The van der Waals surface area contributed by atoms with Crippen LogP contribution in [0.1, 0.15) is 24.5 Å². The Bertz CT molecular complexity index is 511. The van der Waals surface area contributed by atoms with Gasteiger partial charge in [0.1, 0.15) is 11.5 Å². The first-order valence-electron chi connectivity index (χ1n) is 6.67. The van der Waals surface area contributed by atoms with Crippen LogP contribution in [0.15, 0.2) is 42.7 Å². The van der Waals surface area contributed by atoms with Gasteiger partial charge in [0.25, 0.3) is 0 Å². The number of rotatable bonds is 6. The molecule has 0 unspecified atom stereocenters. The van der Waals surface area contributed by atoms with E-state index in [-0.39, 0.29) is 0 Å². The van der Waals surface area contributed by atoms with Gasteiger partial charge in [-0.25, -0.2) is 0 Å². The maximum Gasteiger partial charge on any atom is 0.145 e. The van der Waals surface area contributed by atoms with Crippen LogP contribution in [0.2, 0.25) is 0 Å². The molecule has 0 saturated carbocycles. The maximum absolute atomic E-state index is 5.76. The van der Waals surface area contributed by atoms with Crippen molar-refractivity contribution in [1.29, 1.82) is 0 Å². The summed E-state index contributed by atoms with van der Waals surface area (Å²) in [6, 6.07) is 9.95. The first-order valence-corrected chi connectivity index (χ1v) is 6.67. The molecule has 0 spiro atoms. The zero-order valence-corrected chi connectivity index (χ0v) is 11.5. The second-order valence-corrected chi connectivity index (χ2v) is 4.56. The zero-order chi connectivity index (χ0) is 13.5. The average molecular weight is 256 g/mol. The predicted octanol–water partition coefficient (Wildman–Crippen LogP) is 3.68. The summed E-state index contributed by atoms with van der Waals surface area (Å²) in [6.07, 6.45) is 4.61. The third kappa shape index (κ3) is 4.07. The first-order chi connectivity index (χ1) is 9.29. The van der Waals surface area contributed by atoms with Gasteiger partial charge in [-0.15, -0.1) is 0 Å². The molecule has 0 aliphatic carbocycles. The molecule has 1 aromatic carbocycles. The van der Waals surface area contributed by atoms with E-state index in [4.69, 9.17) is 4.74 Å². The molecule has 1 aromatic heterocycles. The molecule has 1 N–H and O–H groups in total. The number of ether oxygens (including phenoxy) is 1. The van der Waals surface area contributed by atoms with Gasteiger partial charge >= 0.3 is 0 Å². The van der Waals surface area contributed by atoms with Gasteiger partial charge in [0.05, 0.1) is 6.20 Å². The van der Waals surface area contributed by atoms with Gasteiger partial charge in [0.2, 0.25) is 0 Å². The second-order valence-electron chi connectivity index (χ2n) is 4.56. The molecule has 2 aromatic rings. The molecule has 0 radical (unpaired) electrons. The van der Waals surface area contributed by atoms with E-state index in [1.165, 1.54) is 11.1 Å². The van der Waals surface area contributed by atoms with Gasteiger partial charge in [-0.3, -0.25) is 4.98 Å². The summed E-state index contributed by atoms with van der Waals surface area (Å²) < 4.78 is 5.76. The van der Waals surface area contributed by atoms with E-state index in [0.29, 0.717) is 0 Å². The largest absolute Gasteiger partial charge is 0.456 e. The molecule has 0 bridgehead atoms. The lowest BCUT2D eigenvalue weighted by Gasteiger charge is -2.10. The van der Waals surface area contributed by atoms with Crippen LogP contribution in [0.5, 0.6) is 11.5 Å². The molecule has 100 valence electrons. The molecular formula is C16H20N2O. The van der Waals surface area contributed by atoms with Gasteiger partial charge in [0, 0.05) is 12.7 Å². The second kappa shape index (κ2) is 6.90. The Morgan fingerprint density at radius 1 is 1.21 bits per heavy atom. The van der Waals surface area contributed by atoms with E-state index in [1.807, 2.05) is 18.2 Å². The lowest BCUT2D eigenvalue weighted by atomic mass is 10.1. The molecule has 3 heteroatoms. The Balaban J connectivity index is 2.02. The van der Waals surface area contributed by atoms with Crippen LogP contribution in [0.25, 0.3) is 0 Å². The van der Waals surface area contributed by atoms with Crippen LogP contribution in [0.3, 0.4) is 0 Å². The zero-order valence-electron chi connectivity index (χ0n) is 11.5. The van der Waals surface area contributed by atoms with Crippen LogP contribution in [0, 0.1) is 6.92 Å². The molecule has 0 aliphatic rings. The molecule has 1 heterocycles. The minimum atomic E-state index is 0.763. The summed E-state index contributed by atoms with van der Waals surface area (Å²) in [5, 5.41) is 3.41. The van der Waals surface area contributed by atoms with Crippen molar-refractivity contribution in [1.82, 2.24) is 10.3 Å². The third-order valence-corrected chi connectivity index (χ3v) is 2.93. The predicted molar refractivity (Wildman–Crippen MR) is 77.5 cm³/mol. The third-order valence-electron chi connectivity index (χ3n) is 2.93. The summed E-state index contributed by atoms with van der Waals surface area (Å²) >= 11 is 0. The average Bonchev–Trinajstić information content (AvgIpc) is 2.43. The number of hydrogen-bond acceptors (Lipinski definition) is 3. The van der Waals surface area contributed by atoms with E-state index in [2.05, 4.69) is 36.3 Å². The smallest absolute Gasteiger partial charge is 0.145 e. The molecule has 3 nitrogen and oxygen atoms in total. The minimum absolute atomic E-state index is 0.763. The number of aryl methyl sites for hydroxylation is 1. The van der Waals surface area contributed by atoms with Crippen molar-refractivity contribution in [3.05, 3.63) is 53.9 Å². The molecule has 0 saturated heterocycles. The van der Waals surface area contributed by atoms with Crippen molar-refractivity contribution in [3.8, 4) is 11.5 Å². The van der Waals surface area contributed by atoms with Crippen molar-refractivity contribution >= 4 is 0 Å². The molecule has 0 fully saturated rings. The highest BCUT2D eigenvalue weighted by atomic mass is 16.5. The van der Waals surface area contributed by atoms with Crippen molar-refractivity contribution in [2.75, 3.05) is 6.54 Å². The molecule has 19 heavy (non-hydrogen) atoms. The van der Waals surface area contributed by atoms with Gasteiger partial charge in [-0.05, 0) is 55.3 Å². The van der Waals surface area contributed by atoms with E-state index in [0.717, 1.165) is 31.0 Å². The highest BCUT2D eigenvalue weighted by molar-refractivity contribution is 5.37. The Kier molecular flexibility index (Phi) is 4.93. The standard InChI is InChI=1S/C16H20N2O/c1-3-8-17-11-14-6-7-15(10-13(14)2)19-16-5-4-9-18-12-16/h4-7,9-10,12,17H,3,8,11H2,1-2H3. The van der Waals surface area contributed by atoms with E-state index in [9.17, 15) is 0 Å². The Morgan fingerprint density at radius 2 is 2.11 bits per heavy atom. The Labute approximate surface area is 114 Å². The number of nitrogens with one attached hydrogen (secondary N) is 1. The summed E-state index contributed by atoms with van der Waals surface area (Å²) in [4.78, 5) is 4.04. The topological polar surface area (TPSA) is 34.1 Å². The Hall–Kier alpha value is -1.87. The highest BCUT2D eigenvalue weighted by Crippen LogP contribution is 2.23. The van der Waals surface area contributed by atoms with Crippen molar-refractivity contribution < 1.29 is 4.74 Å². The summed E-state index contributed by atoms with van der Waals surface area (Å²) in [7, 11) is 0. The lowest BCUT2D eigenvalue weighted by molar-refractivity contribution is 0.479. The first kappa shape index (κ1) is 13.6. The summed E-state index contributed by atoms with van der Waals surface area (Å²) in [6.45, 7) is 6.24. The fourth-order valence-corrected chi connectivity index (χ4v) is 1.87. The van der Waals surface area contributed by atoms with Gasteiger partial charge in [-0.2, -0.15) is 0 Å². The maximum atomic E-state index is 5.76. The summed E-state index contributed by atoms with van der Waals surface area (Å²) in [5.74, 6) is 1.61. The number of pyridine rings is 1. The molecular weight excluding hydrogens is 236 g/mol. The monoisotopic (exact) mass is 256 g/mol. The van der Waals surface area contributed by atoms with E-state index < -0.39 is 0 Å². The van der Waals surface area contributed by atoms with Crippen LogP contribution in [-0.2, 0) is 6.54 Å². The van der Waals surface area contributed by atoms with Crippen molar-refractivity contribution in [2.45, 2.75) is 26.8 Å².